The van der Waals surface area contributed by atoms with Gasteiger partial charge in [-0.05, 0) is 30.3 Å². The Kier molecular flexibility index (Phi) is 3.74. The first kappa shape index (κ1) is 15.1. The molecule has 122 valence electrons. The lowest BCUT2D eigenvalue weighted by molar-refractivity contribution is 0.632. The van der Waals surface area contributed by atoms with E-state index in [0.717, 1.165) is 5.69 Å². The van der Waals surface area contributed by atoms with Crippen molar-refractivity contribution in [2.24, 2.45) is 0 Å². The Balaban J connectivity index is 1.95. The summed E-state index contributed by atoms with van der Waals surface area (Å²) in [5, 5.41) is 3.87. The predicted octanol–water partition coefficient (Wildman–Crippen LogP) is 4.76. The lowest BCUT2D eigenvalue weighted by Gasteiger charge is -2.14. The number of anilines is 3. The number of hydrogen-bond acceptors (Lipinski definition) is 4. The molecule has 0 spiro atoms. The van der Waals surface area contributed by atoms with Crippen molar-refractivity contribution in [2.45, 2.75) is 0 Å². The van der Waals surface area contributed by atoms with Crippen LogP contribution in [-0.2, 0) is 0 Å². The molecule has 4 aromatic rings. The fourth-order valence-electron chi connectivity index (χ4n) is 2.77. The number of halogens is 1. The van der Waals surface area contributed by atoms with Crippen LogP contribution in [0.1, 0.15) is 0 Å². The molecule has 0 aliphatic carbocycles. The highest BCUT2D eigenvalue weighted by Gasteiger charge is 2.17. The van der Waals surface area contributed by atoms with Crippen molar-refractivity contribution in [2.75, 3.05) is 11.1 Å². The molecular weight excluding hydrogens is 315 g/mol. The van der Waals surface area contributed by atoms with Gasteiger partial charge in [0.15, 0.2) is 5.82 Å². The maximum absolute atomic E-state index is 15.3. The number of fused-ring (bicyclic) bond motifs is 1. The number of nitrogen functional groups attached to an aromatic ring is 1. The highest BCUT2D eigenvalue weighted by molar-refractivity contribution is 5.96. The maximum atomic E-state index is 15.3. The quantitative estimate of drug-likeness (QED) is 0.532. The highest BCUT2D eigenvalue weighted by Crippen LogP contribution is 2.34. The van der Waals surface area contributed by atoms with Crippen molar-refractivity contribution >= 4 is 28.0 Å². The van der Waals surface area contributed by atoms with Gasteiger partial charge in [-0.3, -0.25) is 4.98 Å². The second-order valence-electron chi connectivity index (χ2n) is 5.65. The number of nitrogens with one attached hydrogen (secondary N) is 1. The third kappa shape index (κ3) is 2.87. The Labute approximate surface area is 144 Å². The Bertz CT molecular complexity index is 1050. The Morgan fingerprint density at radius 1 is 0.920 bits per heavy atom. The lowest BCUT2D eigenvalue weighted by Crippen LogP contribution is -2.00. The van der Waals surface area contributed by atoms with Crippen LogP contribution in [0.15, 0.2) is 73.1 Å². The molecule has 0 aliphatic rings. The molecule has 0 atom stereocenters. The normalized spacial score (nSPS) is 10.8. The molecule has 0 amide bonds. The molecule has 5 heteroatoms. The standard InChI is InChI=1S/C20H15FN4/c21-18-19(13-4-3-5-14(22)12-13)25-17-7-2-1-6-16(17)20(18)24-15-8-10-23-11-9-15/h1-12H,22H2,(H,23,24,25). The third-order valence-corrected chi connectivity index (χ3v) is 3.94. The molecule has 0 fully saturated rings. The molecule has 2 aromatic carbocycles. The van der Waals surface area contributed by atoms with Crippen LogP contribution in [-0.4, -0.2) is 9.97 Å². The lowest BCUT2D eigenvalue weighted by atomic mass is 10.1. The summed E-state index contributed by atoms with van der Waals surface area (Å²) in [5.41, 5.74) is 9.16. The zero-order valence-corrected chi connectivity index (χ0v) is 13.3. The van der Waals surface area contributed by atoms with Crippen LogP contribution >= 0.6 is 0 Å². The first-order chi connectivity index (χ1) is 12.2. The fraction of sp³-hybridized carbons (Fsp3) is 0. The van der Waals surface area contributed by atoms with Gasteiger partial charge in [0.2, 0.25) is 0 Å². The van der Waals surface area contributed by atoms with Gasteiger partial charge in [-0.2, -0.15) is 0 Å². The summed E-state index contributed by atoms with van der Waals surface area (Å²) in [4.78, 5) is 8.49. The largest absolute Gasteiger partial charge is 0.399 e. The van der Waals surface area contributed by atoms with Crippen molar-refractivity contribution in [3.8, 4) is 11.3 Å². The molecule has 2 heterocycles. The van der Waals surface area contributed by atoms with E-state index in [9.17, 15) is 0 Å². The van der Waals surface area contributed by atoms with Gasteiger partial charge in [-0.25, -0.2) is 9.37 Å². The summed E-state index contributed by atoms with van der Waals surface area (Å²) in [6.45, 7) is 0. The second kappa shape index (κ2) is 6.20. The maximum Gasteiger partial charge on any atom is 0.173 e. The predicted molar refractivity (Wildman–Crippen MR) is 99.1 cm³/mol. The summed E-state index contributed by atoms with van der Waals surface area (Å²) in [5.74, 6) is -0.416. The second-order valence-corrected chi connectivity index (χ2v) is 5.65. The molecule has 0 unspecified atom stereocenters. The number of pyridine rings is 2. The monoisotopic (exact) mass is 330 g/mol. The van der Waals surface area contributed by atoms with E-state index in [2.05, 4.69) is 15.3 Å². The number of aromatic nitrogens is 2. The number of nitrogens with zero attached hydrogens (tertiary/aromatic N) is 2. The molecule has 0 saturated heterocycles. The van der Waals surface area contributed by atoms with E-state index in [4.69, 9.17) is 5.73 Å². The Morgan fingerprint density at radius 2 is 1.72 bits per heavy atom. The average molecular weight is 330 g/mol. The molecule has 4 rings (SSSR count). The molecule has 0 aliphatic heterocycles. The van der Waals surface area contributed by atoms with Gasteiger partial charge in [0.1, 0.15) is 5.69 Å². The van der Waals surface area contributed by atoms with Gasteiger partial charge < -0.3 is 11.1 Å². The number of nitrogens with two attached hydrogens (primary N) is 1. The molecule has 4 nitrogen and oxygen atoms in total. The van der Waals surface area contributed by atoms with Gasteiger partial charge >= 0.3 is 0 Å². The van der Waals surface area contributed by atoms with E-state index < -0.39 is 5.82 Å². The number of hydrogen-bond donors (Lipinski definition) is 2. The molecule has 2 aromatic heterocycles. The van der Waals surface area contributed by atoms with Gasteiger partial charge in [0.25, 0.3) is 0 Å². The summed E-state index contributed by atoms with van der Waals surface area (Å²) in [6, 6.07) is 18.1. The van der Waals surface area contributed by atoms with Gasteiger partial charge in [0, 0.05) is 34.7 Å². The summed E-state index contributed by atoms with van der Waals surface area (Å²) in [6.07, 6.45) is 3.31. The minimum absolute atomic E-state index is 0.266. The molecule has 0 bridgehead atoms. The van der Waals surface area contributed by atoms with Crippen LogP contribution < -0.4 is 11.1 Å². The Morgan fingerprint density at radius 3 is 2.52 bits per heavy atom. The van der Waals surface area contributed by atoms with Crippen molar-refractivity contribution in [1.29, 1.82) is 0 Å². The summed E-state index contributed by atoms with van der Waals surface area (Å²) in [7, 11) is 0. The molecular formula is C20H15FN4. The fourth-order valence-corrected chi connectivity index (χ4v) is 2.77. The topological polar surface area (TPSA) is 63.8 Å². The van der Waals surface area contributed by atoms with Crippen molar-refractivity contribution in [3.05, 3.63) is 78.9 Å². The molecule has 3 N–H and O–H groups in total. The van der Waals surface area contributed by atoms with Crippen LogP contribution in [0.5, 0.6) is 0 Å². The van der Waals surface area contributed by atoms with E-state index in [-0.39, 0.29) is 5.69 Å². The Hall–Kier alpha value is -3.47. The van der Waals surface area contributed by atoms with Crippen molar-refractivity contribution in [3.63, 3.8) is 0 Å². The van der Waals surface area contributed by atoms with E-state index in [1.165, 1.54) is 0 Å². The van der Waals surface area contributed by atoms with Crippen LogP contribution in [0.2, 0.25) is 0 Å². The van der Waals surface area contributed by atoms with Crippen LogP contribution in [0.4, 0.5) is 21.5 Å². The van der Waals surface area contributed by atoms with Crippen molar-refractivity contribution in [1.82, 2.24) is 9.97 Å². The molecule has 0 radical (unpaired) electrons. The van der Waals surface area contributed by atoms with E-state index in [1.54, 1.807) is 48.8 Å². The van der Waals surface area contributed by atoms with Crippen molar-refractivity contribution < 1.29 is 4.39 Å². The summed E-state index contributed by atoms with van der Waals surface area (Å²) >= 11 is 0. The minimum atomic E-state index is -0.416. The molecule has 25 heavy (non-hydrogen) atoms. The molecule has 0 saturated carbocycles. The average Bonchev–Trinajstić information content (AvgIpc) is 2.65. The number of para-hydroxylation sites is 1. The van der Waals surface area contributed by atoms with Gasteiger partial charge in [0.05, 0.1) is 11.2 Å². The van der Waals surface area contributed by atoms with E-state index in [0.29, 0.717) is 27.8 Å². The number of benzene rings is 2. The highest BCUT2D eigenvalue weighted by atomic mass is 19.1. The van der Waals surface area contributed by atoms with Crippen LogP contribution in [0.25, 0.3) is 22.2 Å². The van der Waals surface area contributed by atoms with E-state index in [1.807, 2.05) is 24.3 Å². The van der Waals surface area contributed by atoms with Gasteiger partial charge in [-0.15, -0.1) is 0 Å². The zero-order valence-electron chi connectivity index (χ0n) is 13.3. The first-order valence-corrected chi connectivity index (χ1v) is 7.83. The minimum Gasteiger partial charge on any atom is -0.399 e. The van der Waals surface area contributed by atoms with E-state index >= 15 is 4.39 Å². The van der Waals surface area contributed by atoms with Gasteiger partial charge in [-0.1, -0.05) is 30.3 Å². The summed E-state index contributed by atoms with van der Waals surface area (Å²) < 4.78 is 15.3. The SMILES string of the molecule is Nc1cccc(-c2nc3ccccc3c(Nc3ccncc3)c2F)c1. The smallest absolute Gasteiger partial charge is 0.173 e. The van der Waals surface area contributed by atoms with Crippen LogP contribution in [0.3, 0.4) is 0 Å². The van der Waals surface area contributed by atoms with Crippen LogP contribution in [0, 0.1) is 5.82 Å². The zero-order chi connectivity index (χ0) is 17.2. The third-order valence-electron chi connectivity index (χ3n) is 3.94. The first-order valence-electron chi connectivity index (χ1n) is 7.83. The number of rotatable bonds is 3.